The van der Waals surface area contributed by atoms with Crippen molar-refractivity contribution in [3.8, 4) is 5.75 Å². The lowest BCUT2D eigenvalue weighted by molar-refractivity contribution is -0.214. The lowest BCUT2D eigenvalue weighted by Gasteiger charge is -2.39. The molecule has 0 bridgehead atoms. The molecule has 1 saturated heterocycles. The molecule has 0 unspecified atom stereocenters. The van der Waals surface area contributed by atoms with Crippen LogP contribution in [0.4, 0.5) is 4.39 Å². The number of halogens is 2. The number of aliphatic hydroxyl groups excluding tert-OH is 3. The maximum Gasteiger partial charge on any atom is 0.157 e. The second-order valence-corrected chi connectivity index (χ2v) is 7.22. The van der Waals surface area contributed by atoms with E-state index >= 15 is 0 Å². The van der Waals surface area contributed by atoms with Crippen LogP contribution in [-0.4, -0.2) is 53.0 Å². The first kappa shape index (κ1) is 21.0. The van der Waals surface area contributed by atoms with E-state index in [0.29, 0.717) is 23.6 Å². The fraction of sp³-hybridized carbons (Fsp3) is 0.429. The summed E-state index contributed by atoms with van der Waals surface area (Å²) in [5, 5.41) is 30.1. The third-order valence-corrected chi connectivity index (χ3v) is 5.24. The molecule has 2 aromatic carbocycles. The number of aliphatic hydroxyl groups is 3. The smallest absolute Gasteiger partial charge is 0.157 e. The van der Waals surface area contributed by atoms with E-state index in [2.05, 4.69) is 0 Å². The quantitative estimate of drug-likeness (QED) is 0.683. The number of benzene rings is 2. The molecule has 7 heteroatoms. The van der Waals surface area contributed by atoms with E-state index < -0.39 is 37.2 Å². The van der Waals surface area contributed by atoms with Crippen LogP contribution in [0.5, 0.6) is 5.75 Å². The van der Waals surface area contributed by atoms with Crippen molar-refractivity contribution >= 4 is 11.6 Å². The zero-order chi connectivity index (χ0) is 20.3. The van der Waals surface area contributed by atoms with Crippen molar-refractivity contribution < 1.29 is 29.2 Å². The summed E-state index contributed by atoms with van der Waals surface area (Å²) in [4.78, 5) is 0. The van der Waals surface area contributed by atoms with E-state index in [9.17, 15) is 19.7 Å². The van der Waals surface area contributed by atoms with Gasteiger partial charge in [0.05, 0.1) is 13.2 Å². The van der Waals surface area contributed by atoms with Gasteiger partial charge in [0, 0.05) is 5.02 Å². The molecule has 0 amide bonds. The van der Waals surface area contributed by atoms with E-state index in [4.69, 9.17) is 21.1 Å². The van der Waals surface area contributed by atoms with Crippen molar-refractivity contribution in [1.29, 1.82) is 0 Å². The molecule has 0 spiro atoms. The lowest BCUT2D eigenvalue weighted by Crippen LogP contribution is -2.53. The summed E-state index contributed by atoms with van der Waals surface area (Å²) in [5.74, 6) is 0.787. The van der Waals surface area contributed by atoms with Crippen molar-refractivity contribution in [2.75, 3.05) is 13.2 Å². The molecule has 5 atom stereocenters. The minimum Gasteiger partial charge on any atom is -0.494 e. The predicted molar refractivity (Wildman–Crippen MR) is 103 cm³/mol. The highest BCUT2D eigenvalue weighted by Gasteiger charge is 2.45. The molecule has 2 aromatic rings. The average molecular weight is 410 g/mol. The monoisotopic (exact) mass is 409 g/mol. The Morgan fingerprint density at radius 3 is 2.46 bits per heavy atom. The fourth-order valence-electron chi connectivity index (χ4n) is 3.35. The molecule has 1 aliphatic heterocycles. The van der Waals surface area contributed by atoms with Gasteiger partial charge >= 0.3 is 0 Å². The van der Waals surface area contributed by atoms with E-state index in [1.54, 1.807) is 18.2 Å². The molecular weight excluding hydrogens is 386 g/mol. The first-order chi connectivity index (χ1) is 13.4. The van der Waals surface area contributed by atoms with Crippen molar-refractivity contribution in [2.24, 2.45) is 0 Å². The van der Waals surface area contributed by atoms with Gasteiger partial charge < -0.3 is 24.8 Å². The molecule has 28 heavy (non-hydrogen) atoms. The summed E-state index contributed by atoms with van der Waals surface area (Å²) in [6.07, 6.45) is -6.56. The Morgan fingerprint density at radius 2 is 1.82 bits per heavy atom. The molecule has 0 radical (unpaired) electrons. The second kappa shape index (κ2) is 9.20. The SMILES string of the molecule is CCOc1ccc(Cc2cc([C@@H]3O[C@H](CO)[C@@H]([18F])[C@H](O)[C@H]3O)ccc2Cl)cc1. The Kier molecular flexibility index (Phi) is 6.91. The van der Waals surface area contributed by atoms with Gasteiger partial charge in [-0.2, -0.15) is 0 Å². The highest BCUT2D eigenvalue weighted by atomic mass is 35.5. The van der Waals surface area contributed by atoms with Crippen molar-refractivity contribution in [2.45, 2.75) is 43.9 Å². The van der Waals surface area contributed by atoms with Gasteiger partial charge in [0.15, 0.2) is 6.17 Å². The minimum atomic E-state index is -1.85. The zero-order valence-electron chi connectivity index (χ0n) is 15.5. The van der Waals surface area contributed by atoms with Gasteiger partial charge in [-0.15, -0.1) is 0 Å². The third-order valence-electron chi connectivity index (χ3n) is 4.87. The molecular formula is C21H24ClFO5. The van der Waals surface area contributed by atoms with Crippen LogP contribution in [0.25, 0.3) is 0 Å². The zero-order valence-corrected chi connectivity index (χ0v) is 16.2. The van der Waals surface area contributed by atoms with Gasteiger partial charge in [0.25, 0.3) is 0 Å². The summed E-state index contributed by atoms with van der Waals surface area (Å²) in [6.45, 7) is 1.93. The van der Waals surface area contributed by atoms with Crippen LogP contribution in [0.3, 0.4) is 0 Å². The van der Waals surface area contributed by atoms with Gasteiger partial charge in [-0.25, -0.2) is 4.39 Å². The molecule has 0 aromatic heterocycles. The Hall–Kier alpha value is -1.70. The third kappa shape index (κ3) is 4.47. The molecule has 1 heterocycles. The maximum atomic E-state index is 14.0. The molecule has 0 saturated carbocycles. The van der Waals surface area contributed by atoms with Crippen molar-refractivity contribution in [1.82, 2.24) is 0 Å². The Balaban J connectivity index is 1.82. The largest absolute Gasteiger partial charge is 0.494 e. The number of hydrogen-bond acceptors (Lipinski definition) is 5. The standard InChI is InChI=1S/C21H24ClFO5/c1-2-27-15-6-3-12(4-7-15)9-14-10-13(5-8-16(14)22)21-20(26)19(25)18(23)17(11-24)28-21/h3-8,10,17-21,24-26H,2,9,11H2,1H3/t17-,18-,19+,20-,21+/m1/s1/i23-1. The number of hydrogen-bond donors (Lipinski definition) is 3. The molecule has 1 fully saturated rings. The summed E-state index contributed by atoms with van der Waals surface area (Å²) >= 11 is 6.33. The summed E-state index contributed by atoms with van der Waals surface area (Å²) in [7, 11) is 0. The highest BCUT2D eigenvalue weighted by Crippen LogP contribution is 2.35. The van der Waals surface area contributed by atoms with Crippen LogP contribution in [-0.2, 0) is 11.2 Å². The van der Waals surface area contributed by atoms with Crippen LogP contribution in [0.1, 0.15) is 29.7 Å². The van der Waals surface area contributed by atoms with E-state index in [0.717, 1.165) is 16.9 Å². The normalized spacial score (nSPS) is 27.6. The fourth-order valence-corrected chi connectivity index (χ4v) is 3.53. The highest BCUT2D eigenvalue weighted by molar-refractivity contribution is 6.31. The van der Waals surface area contributed by atoms with E-state index in [-0.39, 0.29) is 0 Å². The predicted octanol–water partition coefficient (Wildman–Crippen LogP) is 2.82. The number of ether oxygens (including phenoxy) is 2. The Labute approximate surface area is 168 Å². The van der Waals surface area contributed by atoms with Gasteiger partial charge in [0.1, 0.15) is 30.2 Å². The average Bonchev–Trinajstić information content (AvgIpc) is 2.70. The first-order valence-corrected chi connectivity index (χ1v) is 9.59. The lowest BCUT2D eigenvalue weighted by atomic mass is 9.90. The maximum absolute atomic E-state index is 14.0. The number of rotatable bonds is 6. The van der Waals surface area contributed by atoms with Crippen molar-refractivity contribution in [3.63, 3.8) is 0 Å². The molecule has 1 aliphatic rings. The van der Waals surface area contributed by atoms with Crippen LogP contribution in [0.2, 0.25) is 5.02 Å². The molecule has 5 nitrogen and oxygen atoms in total. The summed E-state index contributed by atoms with van der Waals surface area (Å²) in [5.41, 5.74) is 2.38. The van der Waals surface area contributed by atoms with Gasteiger partial charge in [-0.3, -0.25) is 0 Å². The summed E-state index contributed by atoms with van der Waals surface area (Å²) in [6, 6.07) is 12.8. The van der Waals surface area contributed by atoms with Gasteiger partial charge in [-0.1, -0.05) is 35.9 Å². The molecule has 152 valence electrons. The van der Waals surface area contributed by atoms with Gasteiger partial charge in [0.2, 0.25) is 0 Å². The van der Waals surface area contributed by atoms with Crippen LogP contribution in [0.15, 0.2) is 42.5 Å². The Morgan fingerprint density at radius 1 is 1.11 bits per heavy atom. The van der Waals surface area contributed by atoms with Crippen LogP contribution >= 0.6 is 11.6 Å². The van der Waals surface area contributed by atoms with Crippen molar-refractivity contribution in [3.05, 3.63) is 64.2 Å². The molecule has 0 aliphatic carbocycles. The van der Waals surface area contributed by atoms with Gasteiger partial charge in [-0.05, 0) is 48.2 Å². The Bertz CT molecular complexity index is 783. The van der Waals surface area contributed by atoms with Crippen LogP contribution < -0.4 is 4.74 Å². The molecule has 3 N–H and O–H groups in total. The first-order valence-electron chi connectivity index (χ1n) is 9.21. The summed E-state index contributed by atoms with van der Waals surface area (Å²) < 4.78 is 24.9. The van der Waals surface area contributed by atoms with E-state index in [1.807, 2.05) is 31.2 Å². The minimum absolute atomic E-state index is 0.541. The van der Waals surface area contributed by atoms with E-state index in [1.165, 1.54) is 0 Å². The number of alkyl halides is 1. The van der Waals surface area contributed by atoms with Crippen LogP contribution in [0, 0.1) is 0 Å². The second-order valence-electron chi connectivity index (χ2n) is 6.81. The topological polar surface area (TPSA) is 79.2 Å². The molecule has 3 rings (SSSR count).